The highest BCUT2D eigenvalue weighted by molar-refractivity contribution is 5.81. The number of aromatic amines is 1. The lowest BCUT2D eigenvalue weighted by molar-refractivity contribution is 0.799. The number of rotatable bonds is 2. The molecule has 0 amide bonds. The highest BCUT2D eigenvalue weighted by Crippen LogP contribution is 2.23. The number of pyridine rings is 1. The summed E-state index contributed by atoms with van der Waals surface area (Å²) < 4.78 is 0. The lowest BCUT2D eigenvalue weighted by Crippen LogP contribution is -1.88. The van der Waals surface area contributed by atoms with Crippen molar-refractivity contribution in [3.05, 3.63) is 48.4 Å². The van der Waals surface area contributed by atoms with Crippen LogP contribution in [0.15, 0.2) is 42.6 Å². The maximum absolute atomic E-state index is 4.57. The first-order chi connectivity index (χ1) is 8.74. The Balaban J connectivity index is 2.11. The van der Waals surface area contributed by atoms with Gasteiger partial charge in [-0.05, 0) is 24.3 Å². The molecule has 2 aromatic heterocycles. The highest BCUT2D eigenvalue weighted by Gasteiger charge is 2.07. The van der Waals surface area contributed by atoms with E-state index in [1.807, 2.05) is 30.5 Å². The average Bonchev–Trinajstić information content (AvgIpc) is 2.82. The molecule has 0 spiro atoms. The van der Waals surface area contributed by atoms with Crippen molar-refractivity contribution in [2.75, 3.05) is 0 Å². The summed E-state index contributed by atoms with van der Waals surface area (Å²) >= 11 is 0. The predicted octanol–water partition coefficient (Wildman–Crippen LogP) is 3.75. The van der Waals surface area contributed by atoms with Crippen LogP contribution in [0.1, 0.15) is 25.6 Å². The van der Waals surface area contributed by atoms with Crippen molar-refractivity contribution in [1.29, 1.82) is 0 Å². The fraction of sp³-hybridized carbons (Fsp3) is 0.200. The molecule has 0 aliphatic rings. The standard InChI is InChI=1S/C15H15N3/c1-10(2)15-17-13-7-6-11(9-14(13)18-15)12-5-3-4-8-16-12/h3-10H,1-2H3,(H,17,18). The first kappa shape index (κ1) is 11.0. The molecule has 18 heavy (non-hydrogen) atoms. The fourth-order valence-corrected chi connectivity index (χ4v) is 2.00. The molecule has 0 aliphatic heterocycles. The zero-order valence-electron chi connectivity index (χ0n) is 10.5. The van der Waals surface area contributed by atoms with Gasteiger partial charge in [-0.2, -0.15) is 0 Å². The smallest absolute Gasteiger partial charge is 0.109 e. The number of fused-ring (bicyclic) bond motifs is 1. The number of nitrogens with one attached hydrogen (secondary N) is 1. The predicted molar refractivity (Wildman–Crippen MR) is 73.4 cm³/mol. The van der Waals surface area contributed by atoms with Gasteiger partial charge in [0.2, 0.25) is 0 Å². The normalized spacial score (nSPS) is 11.3. The van der Waals surface area contributed by atoms with Gasteiger partial charge in [-0.15, -0.1) is 0 Å². The van der Waals surface area contributed by atoms with E-state index in [0.29, 0.717) is 5.92 Å². The largest absolute Gasteiger partial charge is 0.342 e. The van der Waals surface area contributed by atoms with E-state index in [-0.39, 0.29) is 0 Å². The van der Waals surface area contributed by atoms with Crippen LogP contribution >= 0.6 is 0 Å². The minimum Gasteiger partial charge on any atom is -0.342 e. The number of hydrogen-bond donors (Lipinski definition) is 1. The summed E-state index contributed by atoms with van der Waals surface area (Å²) in [5.41, 5.74) is 4.18. The molecule has 3 heteroatoms. The molecule has 2 heterocycles. The molecule has 0 unspecified atom stereocenters. The molecule has 3 rings (SSSR count). The van der Waals surface area contributed by atoms with E-state index in [2.05, 4.69) is 40.9 Å². The van der Waals surface area contributed by atoms with Crippen LogP contribution in [0, 0.1) is 0 Å². The van der Waals surface area contributed by atoms with Crippen molar-refractivity contribution in [2.24, 2.45) is 0 Å². The Morgan fingerprint density at radius 1 is 1.11 bits per heavy atom. The molecule has 1 N–H and O–H groups in total. The van der Waals surface area contributed by atoms with Crippen LogP contribution in [0.25, 0.3) is 22.3 Å². The number of nitrogens with zero attached hydrogens (tertiary/aromatic N) is 2. The summed E-state index contributed by atoms with van der Waals surface area (Å²) in [6.45, 7) is 4.27. The van der Waals surface area contributed by atoms with Gasteiger partial charge in [0, 0.05) is 17.7 Å². The summed E-state index contributed by atoms with van der Waals surface area (Å²) in [6.07, 6.45) is 1.81. The van der Waals surface area contributed by atoms with Gasteiger partial charge in [0.25, 0.3) is 0 Å². The van der Waals surface area contributed by atoms with E-state index in [1.165, 1.54) is 0 Å². The fourth-order valence-electron chi connectivity index (χ4n) is 2.00. The highest BCUT2D eigenvalue weighted by atomic mass is 14.9. The maximum atomic E-state index is 4.57. The van der Waals surface area contributed by atoms with Gasteiger partial charge in [0.05, 0.1) is 16.7 Å². The van der Waals surface area contributed by atoms with E-state index >= 15 is 0 Å². The first-order valence-electron chi connectivity index (χ1n) is 6.15. The molecule has 0 atom stereocenters. The molecular weight excluding hydrogens is 222 g/mol. The second-order valence-electron chi connectivity index (χ2n) is 4.72. The molecule has 3 aromatic rings. The lowest BCUT2D eigenvalue weighted by Gasteiger charge is -1.99. The molecule has 0 bridgehead atoms. The third-order valence-corrected chi connectivity index (χ3v) is 3.01. The topological polar surface area (TPSA) is 41.6 Å². The molecule has 0 saturated heterocycles. The van der Waals surface area contributed by atoms with E-state index in [4.69, 9.17) is 0 Å². The Hall–Kier alpha value is -2.16. The zero-order valence-corrected chi connectivity index (χ0v) is 10.5. The number of aromatic nitrogens is 3. The Bertz CT molecular complexity index is 669. The number of H-pyrrole nitrogens is 1. The van der Waals surface area contributed by atoms with Gasteiger partial charge in [-0.25, -0.2) is 4.98 Å². The van der Waals surface area contributed by atoms with Crippen LogP contribution in [0.2, 0.25) is 0 Å². The molecule has 0 saturated carbocycles. The summed E-state index contributed by atoms with van der Waals surface area (Å²) in [6, 6.07) is 12.2. The molecular formula is C15H15N3. The average molecular weight is 237 g/mol. The third-order valence-electron chi connectivity index (χ3n) is 3.01. The quantitative estimate of drug-likeness (QED) is 0.737. The van der Waals surface area contributed by atoms with Gasteiger partial charge in [-0.3, -0.25) is 4.98 Å². The van der Waals surface area contributed by atoms with Crippen LogP contribution in [-0.2, 0) is 0 Å². The lowest BCUT2D eigenvalue weighted by atomic mass is 10.1. The van der Waals surface area contributed by atoms with E-state index in [0.717, 1.165) is 28.1 Å². The number of benzene rings is 1. The third kappa shape index (κ3) is 1.88. The van der Waals surface area contributed by atoms with Crippen LogP contribution in [0.4, 0.5) is 0 Å². The minimum atomic E-state index is 0.413. The van der Waals surface area contributed by atoms with Gasteiger partial charge in [-0.1, -0.05) is 26.0 Å². The Kier molecular flexibility index (Phi) is 2.59. The second kappa shape index (κ2) is 4.26. The molecule has 0 aliphatic carbocycles. The van der Waals surface area contributed by atoms with Gasteiger partial charge >= 0.3 is 0 Å². The Morgan fingerprint density at radius 3 is 2.72 bits per heavy atom. The summed E-state index contributed by atoms with van der Waals surface area (Å²) in [5.74, 6) is 1.44. The minimum absolute atomic E-state index is 0.413. The van der Waals surface area contributed by atoms with Crippen molar-refractivity contribution in [3.63, 3.8) is 0 Å². The zero-order chi connectivity index (χ0) is 12.5. The van der Waals surface area contributed by atoms with Crippen LogP contribution < -0.4 is 0 Å². The number of hydrogen-bond acceptors (Lipinski definition) is 2. The SMILES string of the molecule is CC(C)c1nc2ccc(-c3ccccn3)cc2[nH]1. The van der Waals surface area contributed by atoms with E-state index in [9.17, 15) is 0 Å². The second-order valence-corrected chi connectivity index (χ2v) is 4.72. The van der Waals surface area contributed by atoms with Crippen molar-refractivity contribution in [1.82, 2.24) is 15.0 Å². The monoisotopic (exact) mass is 237 g/mol. The van der Waals surface area contributed by atoms with Crippen molar-refractivity contribution in [2.45, 2.75) is 19.8 Å². The van der Waals surface area contributed by atoms with E-state index in [1.54, 1.807) is 0 Å². The maximum Gasteiger partial charge on any atom is 0.109 e. The van der Waals surface area contributed by atoms with Gasteiger partial charge in [0.1, 0.15) is 5.82 Å². The van der Waals surface area contributed by atoms with Crippen molar-refractivity contribution < 1.29 is 0 Å². The molecule has 1 aromatic carbocycles. The Labute approximate surface area is 106 Å². The summed E-state index contributed by atoms with van der Waals surface area (Å²) in [5, 5.41) is 0. The van der Waals surface area contributed by atoms with Crippen LogP contribution in [0.5, 0.6) is 0 Å². The first-order valence-corrected chi connectivity index (χ1v) is 6.15. The summed E-state index contributed by atoms with van der Waals surface area (Å²) in [4.78, 5) is 12.3. The molecule has 90 valence electrons. The summed E-state index contributed by atoms with van der Waals surface area (Å²) in [7, 11) is 0. The van der Waals surface area contributed by atoms with Crippen molar-refractivity contribution >= 4 is 11.0 Å². The van der Waals surface area contributed by atoms with E-state index < -0.39 is 0 Å². The molecule has 0 fully saturated rings. The van der Waals surface area contributed by atoms with Crippen LogP contribution in [0.3, 0.4) is 0 Å². The van der Waals surface area contributed by atoms with Gasteiger partial charge in [0.15, 0.2) is 0 Å². The van der Waals surface area contributed by atoms with Crippen LogP contribution in [-0.4, -0.2) is 15.0 Å². The van der Waals surface area contributed by atoms with Crippen molar-refractivity contribution in [3.8, 4) is 11.3 Å². The Morgan fingerprint density at radius 2 is 2.00 bits per heavy atom. The number of imidazole rings is 1. The van der Waals surface area contributed by atoms with Gasteiger partial charge < -0.3 is 4.98 Å². The molecule has 0 radical (unpaired) electrons. The molecule has 3 nitrogen and oxygen atoms in total.